The van der Waals surface area contributed by atoms with E-state index in [1.54, 1.807) is 19.1 Å². The van der Waals surface area contributed by atoms with E-state index < -0.39 is 4.92 Å². The number of rotatable bonds is 4. The summed E-state index contributed by atoms with van der Waals surface area (Å²) >= 11 is 0. The first-order chi connectivity index (χ1) is 11.6. The Balaban J connectivity index is 1.62. The van der Waals surface area contributed by atoms with Gasteiger partial charge in [-0.3, -0.25) is 14.9 Å². The second kappa shape index (κ2) is 6.95. The third kappa shape index (κ3) is 3.53. The molecule has 0 aromatic heterocycles. The number of carbonyl (C=O) groups excluding carboxylic acids is 1. The highest BCUT2D eigenvalue weighted by Gasteiger charge is 2.53. The predicted octanol–water partition coefficient (Wildman–Crippen LogP) is 3.43. The van der Waals surface area contributed by atoms with Gasteiger partial charge in [0, 0.05) is 23.6 Å². The smallest absolute Gasteiger partial charge is 0.270 e. The lowest BCUT2D eigenvalue weighted by molar-refractivity contribution is -0.384. The maximum absolute atomic E-state index is 12.4. The monoisotopic (exact) mass is 327 g/mol. The van der Waals surface area contributed by atoms with Gasteiger partial charge in [0.15, 0.2) is 0 Å². The van der Waals surface area contributed by atoms with Gasteiger partial charge in [-0.15, -0.1) is 0 Å². The largest absolute Gasteiger partial charge is 0.273 e. The SMILES string of the molecule is C/C(=N/NC(=O)C1[C@H]2CCC=CCC[C@H]12)c1cccc([N+](=O)[O-])c1. The first-order valence-corrected chi connectivity index (χ1v) is 8.32. The molecule has 6 nitrogen and oxygen atoms in total. The van der Waals surface area contributed by atoms with Crippen LogP contribution in [0.25, 0.3) is 0 Å². The highest BCUT2D eigenvalue weighted by molar-refractivity contribution is 5.99. The number of hydrazone groups is 1. The van der Waals surface area contributed by atoms with Crippen molar-refractivity contribution in [2.75, 3.05) is 0 Å². The van der Waals surface area contributed by atoms with Crippen molar-refractivity contribution in [3.05, 3.63) is 52.1 Å². The maximum Gasteiger partial charge on any atom is 0.270 e. The highest BCUT2D eigenvalue weighted by Crippen LogP contribution is 2.52. The molecule has 3 rings (SSSR count). The van der Waals surface area contributed by atoms with Crippen LogP contribution in [0.1, 0.15) is 38.2 Å². The lowest BCUT2D eigenvalue weighted by Gasteiger charge is -2.03. The number of hydrogen-bond donors (Lipinski definition) is 1. The summed E-state index contributed by atoms with van der Waals surface area (Å²) in [6.45, 7) is 1.74. The Kier molecular flexibility index (Phi) is 4.74. The summed E-state index contributed by atoms with van der Waals surface area (Å²) < 4.78 is 0. The number of allylic oxidation sites excluding steroid dienone is 2. The summed E-state index contributed by atoms with van der Waals surface area (Å²) in [6, 6.07) is 6.25. The van der Waals surface area contributed by atoms with Crippen LogP contribution < -0.4 is 5.43 Å². The molecule has 1 aromatic carbocycles. The maximum atomic E-state index is 12.4. The van der Waals surface area contributed by atoms with Crippen LogP contribution in [0.2, 0.25) is 0 Å². The van der Waals surface area contributed by atoms with E-state index in [0.717, 1.165) is 25.7 Å². The molecule has 1 fully saturated rings. The molecule has 0 saturated heterocycles. The van der Waals surface area contributed by atoms with E-state index in [4.69, 9.17) is 0 Å². The topological polar surface area (TPSA) is 84.6 Å². The van der Waals surface area contributed by atoms with Crippen molar-refractivity contribution >= 4 is 17.3 Å². The normalized spacial score (nSPS) is 26.0. The Labute approximate surface area is 140 Å². The number of amides is 1. The summed E-state index contributed by atoms with van der Waals surface area (Å²) in [5.41, 5.74) is 3.86. The number of nitrogens with zero attached hydrogens (tertiary/aromatic N) is 2. The molecule has 24 heavy (non-hydrogen) atoms. The Morgan fingerprint density at radius 3 is 2.54 bits per heavy atom. The molecule has 0 aliphatic heterocycles. The van der Waals surface area contributed by atoms with Crippen LogP contribution in [-0.4, -0.2) is 16.5 Å². The van der Waals surface area contributed by atoms with Crippen molar-refractivity contribution in [2.24, 2.45) is 22.9 Å². The van der Waals surface area contributed by atoms with E-state index in [-0.39, 0.29) is 17.5 Å². The third-order valence-corrected chi connectivity index (χ3v) is 4.94. The summed E-state index contributed by atoms with van der Waals surface area (Å²) in [4.78, 5) is 22.8. The van der Waals surface area contributed by atoms with Gasteiger partial charge in [0.05, 0.1) is 10.6 Å². The average molecular weight is 327 g/mol. The number of benzene rings is 1. The molecule has 126 valence electrons. The second-order valence-electron chi connectivity index (χ2n) is 6.46. The van der Waals surface area contributed by atoms with Crippen LogP contribution in [0, 0.1) is 27.9 Å². The van der Waals surface area contributed by atoms with E-state index in [1.165, 1.54) is 12.1 Å². The van der Waals surface area contributed by atoms with Gasteiger partial charge < -0.3 is 0 Å². The molecule has 1 N–H and O–H groups in total. The number of fused-ring (bicyclic) bond motifs is 1. The zero-order valence-electron chi connectivity index (χ0n) is 13.6. The van der Waals surface area contributed by atoms with E-state index in [9.17, 15) is 14.9 Å². The summed E-state index contributed by atoms with van der Waals surface area (Å²) in [5.74, 6) is 0.981. The van der Waals surface area contributed by atoms with Crippen molar-refractivity contribution in [3.8, 4) is 0 Å². The molecule has 2 aliphatic carbocycles. The first-order valence-electron chi connectivity index (χ1n) is 8.32. The average Bonchev–Trinajstić information content (AvgIpc) is 3.23. The molecule has 6 heteroatoms. The van der Waals surface area contributed by atoms with E-state index in [1.807, 2.05) is 0 Å². The summed E-state index contributed by atoms with van der Waals surface area (Å²) in [6.07, 6.45) is 8.61. The van der Waals surface area contributed by atoms with Crippen LogP contribution in [0.4, 0.5) is 5.69 Å². The Morgan fingerprint density at radius 1 is 1.25 bits per heavy atom. The van der Waals surface area contributed by atoms with Gasteiger partial charge >= 0.3 is 0 Å². The van der Waals surface area contributed by atoms with Gasteiger partial charge in [-0.25, -0.2) is 5.43 Å². The van der Waals surface area contributed by atoms with E-state index in [0.29, 0.717) is 23.1 Å². The number of nitro benzene ring substituents is 1. The second-order valence-corrected chi connectivity index (χ2v) is 6.46. The Morgan fingerprint density at radius 2 is 1.92 bits per heavy atom. The number of carbonyl (C=O) groups is 1. The predicted molar refractivity (Wildman–Crippen MR) is 91.5 cm³/mol. The van der Waals surface area contributed by atoms with Crippen molar-refractivity contribution in [2.45, 2.75) is 32.6 Å². The molecule has 1 saturated carbocycles. The van der Waals surface area contributed by atoms with Gasteiger partial charge in [0.2, 0.25) is 5.91 Å². The van der Waals surface area contributed by atoms with Gasteiger partial charge in [0.1, 0.15) is 0 Å². The van der Waals surface area contributed by atoms with Crippen LogP contribution in [0.15, 0.2) is 41.5 Å². The zero-order valence-corrected chi connectivity index (χ0v) is 13.6. The summed E-state index contributed by atoms with van der Waals surface area (Å²) in [5, 5.41) is 15.0. The molecule has 2 aliphatic rings. The van der Waals surface area contributed by atoms with Crippen LogP contribution in [0.5, 0.6) is 0 Å². The van der Waals surface area contributed by atoms with Crippen LogP contribution in [0.3, 0.4) is 0 Å². The minimum absolute atomic E-state index is 0.0154. The summed E-state index contributed by atoms with van der Waals surface area (Å²) in [7, 11) is 0. The zero-order chi connectivity index (χ0) is 17.1. The lowest BCUT2D eigenvalue weighted by atomic mass is 10.1. The standard InChI is InChI=1S/C18H21N3O3/c1-12(13-7-6-8-14(11-13)21(23)24)19-20-18(22)17-15-9-4-2-3-5-10-16(15)17/h2-3,6-8,11,15-17H,4-5,9-10H2,1H3,(H,20,22)/b3-2?,19-12-/t15-,16-/m0/s1. The quantitative estimate of drug-likeness (QED) is 0.398. The first kappa shape index (κ1) is 16.4. The fraction of sp³-hybridized carbons (Fsp3) is 0.444. The van der Waals surface area contributed by atoms with Gasteiger partial charge in [0.25, 0.3) is 5.69 Å². The molecule has 2 atom stereocenters. The molecular weight excluding hydrogens is 306 g/mol. The molecule has 0 spiro atoms. The van der Waals surface area contributed by atoms with Crippen molar-refractivity contribution in [3.63, 3.8) is 0 Å². The van der Waals surface area contributed by atoms with Gasteiger partial charge in [-0.2, -0.15) is 5.10 Å². The fourth-order valence-electron chi connectivity index (χ4n) is 3.56. The Hall–Kier alpha value is -2.50. The number of hydrogen-bond acceptors (Lipinski definition) is 4. The molecule has 0 unspecified atom stereocenters. The molecule has 0 bridgehead atoms. The fourth-order valence-corrected chi connectivity index (χ4v) is 3.56. The minimum Gasteiger partial charge on any atom is -0.273 e. The molecular formula is C18H21N3O3. The van der Waals surface area contributed by atoms with Crippen molar-refractivity contribution in [1.82, 2.24) is 5.43 Å². The third-order valence-electron chi connectivity index (χ3n) is 4.94. The van der Waals surface area contributed by atoms with Crippen LogP contribution in [-0.2, 0) is 4.79 Å². The lowest BCUT2D eigenvalue weighted by Crippen LogP contribution is -2.22. The Bertz CT molecular complexity index is 695. The molecule has 0 radical (unpaired) electrons. The number of nitro groups is 1. The number of non-ortho nitro benzene ring substituents is 1. The van der Waals surface area contributed by atoms with Gasteiger partial charge in [-0.05, 0) is 44.4 Å². The van der Waals surface area contributed by atoms with E-state index in [2.05, 4.69) is 22.7 Å². The minimum atomic E-state index is -0.440. The van der Waals surface area contributed by atoms with E-state index >= 15 is 0 Å². The van der Waals surface area contributed by atoms with Gasteiger partial charge in [-0.1, -0.05) is 24.3 Å². The highest BCUT2D eigenvalue weighted by atomic mass is 16.6. The molecule has 1 amide bonds. The van der Waals surface area contributed by atoms with Crippen LogP contribution >= 0.6 is 0 Å². The molecule has 0 heterocycles. The molecule has 1 aromatic rings. The van der Waals surface area contributed by atoms with Crippen molar-refractivity contribution in [1.29, 1.82) is 0 Å². The number of nitrogens with one attached hydrogen (secondary N) is 1. The van der Waals surface area contributed by atoms with Crippen molar-refractivity contribution < 1.29 is 9.72 Å².